The van der Waals surface area contributed by atoms with Gasteiger partial charge in [-0.25, -0.2) is 0 Å². The number of carboxylic acids is 1. The topological polar surface area (TPSA) is 108 Å². The predicted octanol–water partition coefficient (Wildman–Crippen LogP) is 0.332. The molecule has 0 aromatic heterocycles. The first-order chi connectivity index (χ1) is 12.5. The molecule has 7 nitrogen and oxygen atoms in total. The molecule has 0 aliphatic carbocycles. The highest BCUT2D eigenvalue weighted by Gasteiger charge is 2.14. The molecule has 2 N–H and O–H groups in total. The molecule has 134 valence electrons. The average Bonchev–Trinajstić information content (AvgIpc) is 2.66. The molecule has 2 amide bonds. The first kappa shape index (κ1) is 18.7. The van der Waals surface area contributed by atoms with E-state index in [2.05, 4.69) is 10.6 Å². The molecule has 0 unspecified atom stereocenters. The van der Waals surface area contributed by atoms with Gasteiger partial charge in [0.2, 0.25) is 0 Å². The van der Waals surface area contributed by atoms with Gasteiger partial charge in [-0.3, -0.25) is 9.59 Å². The van der Waals surface area contributed by atoms with Crippen LogP contribution in [0.5, 0.6) is 5.75 Å². The molecule has 0 spiro atoms. The number of hydrogen-bond acceptors (Lipinski definition) is 5. The monoisotopic (exact) mass is 353 g/mol. The van der Waals surface area contributed by atoms with Gasteiger partial charge in [0.15, 0.2) is 0 Å². The van der Waals surface area contributed by atoms with E-state index in [0.29, 0.717) is 16.9 Å². The Balaban J connectivity index is 2.25. The molecular weight excluding hydrogens is 336 g/mol. The number of carbonyl (C=O) groups is 3. The lowest BCUT2D eigenvalue weighted by molar-refractivity contribution is -0.303. The highest BCUT2D eigenvalue weighted by Crippen LogP contribution is 2.14. The van der Waals surface area contributed by atoms with E-state index in [1.165, 1.54) is 13.2 Å². The molecule has 2 aromatic rings. The normalized spacial score (nSPS) is 10.7. The summed E-state index contributed by atoms with van der Waals surface area (Å²) in [5.41, 5.74) is 0.892. The summed E-state index contributed by atoms with van der Waals surface area (Å²) in [6, 6.07) is 15.1. The molecule has 7 heteroatoms. The van der Waals surface area contributed by atoms with Crippen molar-refractivity contribution in [2.45, 2.75) is 0 Å². The summed E-state index contributed by atoms with van der Waals surface area (Å²) >= 11 is 0. The summed E-state index contributed by atoms with van der Waals surface area (Å²) in [5, 5.41) is 15.2. The van der Waals surface area contributed by atoms with Gasteiger partial charge in [-0.15, -0.1) is 0 Å². The fourth-order valence-electron chi connectivity index (χ4n) is 2.06. The summed E-state index contributed by atoms with van der Waals surface area (Å²) in [6.45, 7) is -0.667. The lowest BCUT2D eigenvalue weighted by Crippen LogP contribution is -2.41. The number of carboxylic acid groups (broad SMARTS) is 1. The Morgan fingerprint density at radius 2 is 1.69 bits per heavy atom. The van der Waals surface area contributed by atoms with Crippen molar-refractivity contribution in [1.82, 2.24) is 10.6 Å². The maximum Gasteiger partial charge on any atom is 0.268 e. The Bertz CT molecular complexity index is 814. The maximum absolute atomic E-state index is 12.3. The van der Waals surface area contributed by atoms with Crippen LogP contribution in [-0.2, 0) is 9.59 Å². The van der Waals surface area contributed by atoms with E-state index >= 15 is 0 Å². The molecule has 2 aromatic carbocycles. The molecule has 2 rings (SSSR count). The number of benzene rings is 2. The number of aliphatic carboxylic acids is 1. The van der Waals surface area contributed by atoms with Gasteiger partial charge >= 0.3 is 0 Å². The number of rotatable bonds is 7. The number of methoxy groups -OCH3 is 1. The third kappa shape index (κ3) is 5.48. The number of carbonyl (C=O) groups excluding carboxylic acids is 3. The number of nitrogens with one attached hydrogen (secondary N) is 2. The largest absolute Gasteiger partial charge is 0.548 e. The minimum absolute atomic E-state index is 0.0923. The Kier molecular flexibility index (Phi) is 6.50. The summed E-state index contributed by atoms with van der Waals surface area (Å²) < 4.78 is 5.07. The minimum atomic E-state index is -1.43. The van der Waals surface area contributed by atoms with Crippen molar-refractivity contribution in [2.75, 3.05) is 13.7 Å². The molecule has 0 fully saturated rings. The molecule has 0 aliphatic rings. The van der Waals surface area contributed by atoms with Gasteiger partial charge in [-0.2, -0.15) is 0 Å². The second kappa shape index (κ2) is 9.03. The van der Waals surface area contributed by atoms with Crippen molar-refractivity contribution >= 4 is 23.9 Å². The van der Waals surface area contributed by atoms with Gasteiger partial charge in [0.25, 0.3) is 11.8 Å². The standard InChI is InChI=1S/C19H18N2O5/c1-26-15-9-7-13(8-10-15)11-16(19(25)20-12-17(22)23)21-18(24)14-5-3-2-4-6-14/h2-11H,12H2,1H3,(H,20,25)(H,21,24)(H,22,23)/p-1/b16-11-. The van der Waals surface area contributed by atoms with E-state index in [1.54, 1.807) is 54.6 Å². The molecule has 0 atom stereocenters. The van der Waals surface area contributed by atoms with Gasteiger partial charge in [0.05, 0.1) is 19.6 Å². The lowest BCUT2D eigenvalue weighted by Gasteiger charge is -2.11. The van der Waals surface area contributed by atoms with E-state index in [9.17, 15) is 19.5 Å². The maximum atomic E-state index is 12.3. The fraction of sp³-hybridized carbons (Fsp3) is 0.105. The first-order valence-corrected chi connectivity index (χ1v) is 7.70. The lowest BCUT2D eigenvalue weighted by atomic mass is 10.1. The van der Waals surface area contributed by atoms with Gasteiger partial charge in [0.1, 0.15) is 11.4 Å². The molecule has 0 aliphatic heterocycles. The first-order valence-electron chi connectivity index (χ1n) is 7.70. The van der Waals surface area contributed by atoms with Crippen molar-refractivity contribution in [3.05, 3.63) is 71.4 Å². The number of amides is 2. The predicted molar refractivity (Wildman–Crippen MR) is 92.9 cm³/mol. The van der Waals surface area contributed by atoms with Crippen molar-refractivity contribution in [1.29, 1.82) is 0 Å². The van der Waals surface area contributed by atoms with E-state index in [-0.39, 0.29) is 5.70 Å². The zero-order valence-electron chi connectivity index (χ0n) is 14.0. The van der Waals surface area contributed by atoms with Crippen LogP contribution in [0.25, 0.3) is 6.08 Å². The van der Waals surface area contributed by atoms with Crippen LogP contribution in [0.3, 0.4) is 0 Å². The summed E-state index contributed by atoms with van der Waals surface area (Å²) in [6.07, 6.45) is 1.44. The van der Waals surface area contributed by atoms with Crippen LogP contribution in [0.4, 0.5) is 0 Å². The summed E-state index contributed by atoms with van der Waals surface area (Å²) in [7, 11) is 1.53. The SMILES string of the molecule is COc1ccc(/C=C(\NC(=O)c2ccccc2)C(=O)NCC(=O)[O-])cc1. The molecule has 0 saturated carbocycles. The van der Waals surface area contributed by atoms with Crippen LogP contribution >= 0.6 is 0 Å². The molecule has 0 saturated heterocycles. The van der Waals surface area contributed by atoms with Crippen LogP contribution in [0, 0.1) is 0 Å². The van der Waals surface area contributed by atoms with Crippen LogP contribution in [-0.4, -0.2) is 31.4 Å². The van der Waals surface area contributed by atoms with E-state index < -0.39 is 24.3 Å². The van der Waals surface area contributed by atoms with Crippen molar-refractivity contribution in [3.63, 3.8) is 0 Å². The minimum Gasteiger partial charge on any atom is -0.548 e. The third-order valence-electron chi connectivity index (χ3n) is 3.35. The quantitative estimate of drug-likeness (QED) is 0.698. The smallest absolute Gasteiger partial charge is 0.268 e. The Morgan fingerprint density at radius 3 is 2.27 bits per heavy atom. The fourth-order valence-corrected chi connectivity index (χ4v) is 2.06. The zero-order valence-corrected chi connectivity index (χ0v) is 14.0. The van der Waals surface area contributed by atoms with Crippen LogP contribution in [0.15, 0.2) is 60.3 Å². The van der Waals surface area contributed by atoms with Crippen LogP contribution in [0.2, 0.25) is 0 Å². The Hall–Kier alpha value is -3.61. The molecule has 26 heavy (non-hydrogen) atoms. The van der Waals surface area contributed by atoms with Crippen LogP contribution in [0.1, 0.15) is 15.9 Å². The van der Waals surface area contributed by atoms with E-state index in [4.69, 9.17) is 4.74 Å². The van der Waals surface area contributed by atoms with Crippen molar-refractivity contribution in [3.8, 4) is 5.75 Å². The molecular formula is C19H17N2O5-. The number of ether oxygens (including phenoxy) is 1. The summed E-state index contributed by atoms with van der Waals surface area (Å²) in [4.78, 5) is 35.1. The highest BCUT2D eigenvalue weighted by atomic mass is 16.5. The molecule has 0 bridgehead atoms. The van der Waals surface area contributed by atoms with Gasteiger partial charge in [-0.1, -0.05) is 30.3 Å². The third-order valence-corrected chi connectivity index (χ3v) is 3.35. The van der Waals surface area contributed by atoms with Crippen LogP contribution < -0.4 is 20.5 Å². The van der Waals surface area contributed by atoms with Gasteiger partial charge < -0.3 is 25.3 Å². The molecule has 0 heterocycles. The second-order valence-electron chi connectivity index (χ2n) is 5.21. The van der Waals surface area contributed by atoms with Crippen molar-refractivity contribution in [2.24, 2.45) is 0 Å². The van der Waals surface area contributed by atoms with E-state index in [1.807, 2.05) is 0 Å². The van der Waals surface area contributed by atoms with Gasteiger partial charge in [0, 0.05) is 5.56 Å². The highest BCUT2D eigenvalue weighted by molar-refractivity contribution is 6.05. The van der Waals surface area contributed by atoms with E-state index in [0.717, 1.165) is 0 Å². The van der Waals surface area contributed by atoms with Gasteiger partial charge in [-0.05, 0) is 35.9 Å². The zero-order chi connectivity index (χ0) is 18.9. The molecule has 0 radical (unpaired) electrons. The Labute approximate surface area is 150 Å². The number of hydrogen-bond donors (Lipinski definition) is 2. The average molecular weight is 353 g/mol. The summed E-state index contributed by atoms with van der Waals surface area (Å²) in [5.74, 6) is -2.03. The van der Waals surface area contributed by atoms with Crippen molar-refractivity contribution < 1.29 is 24.2 Å². The second-order valence-corrected chi connectivity index (χ2v) is 5.21. The Morgan fingerprint density at radius 1 is 1.04 bits per heavy atom.